The fourth-order valence-corrected chi connectivity index (χ4v) is 1.57. The van der Waals surface area contributed by atoms with Crippen LogP contribution in [0.3, 0.4) is 0 Å². The van der Waals surface area contributed by atoms with Crippen molar-refractivity contribution in [1.29, 1.82) is 5.26 Å². The average Bonchev–Trinajstić information content (AvgIpc) is 2.46. The standard InChI is InChI=1S/C14H9N3O2/c15-9-13(8-11-2-1-7-16-10-11)12-3-5-14(6-4-12)17(18)19/h1-8,10H/b13-8+. The van der Waals surface area contributed by atoms with Gasteiger partial charge in [0.25, 0.3) is 5.69 Å². The van der Waals surface area contributed by atoms with Gasteiger partial charge in [-0.3, -0.25) is 15.1 Å². The highest BCUT2D eigenvalue weighted by Gasteiger charge is 2.06. The van der Waals surface area contributed by atoms with E-state index in [9.17, 15) is 10.1 Å². The van der Waals surface area contributed by atoms with Crippen molar-refractivity contribution in [2.45, 2.75) is 0 Å². The van der Waals surface area contributed by atoms with E-state index in [0.29, 0.717) is 11.1 Å². The van der Waals surface area contributed by atoms with Gasteiger partial charge in [-0.1, -0.05) is 6.07 Å². The van der Waals surface area contributed by atoms with Crippen molar-refractivity contribution in [1.82, 2.24) is 4.98 Å². The Morgan fingerprint density at radius 3 is 2.58 bits per heavy atom. The largest absolute Gasteiger partial charge is 0.269 e. The van der Waals surface area contributed by atoms with Crippen LogP contribution in [0.5, 0.6) is 0 Å². The second-order valence-corrected chi connectivity index (χ2v) is 3.76. The van der Waals surface area contributed by atoms with Gasteiger partial charge >= 0.3 is 0 Å². The summed E-state index contributed by atoms with van der Waals surface area (Å²) in [5, 5.41) is 19.7. The Morgan fingerprint density at radius 1 is 1.32 bits per heavy atom. The van der Waals surface area contributed by atoms with Crippen LogP contribution in [0.25, 0.3) is 11.6 Å². The number of rotatable bonds is 3. The lowest BCUT2D eigenvalue weighted by molar-refractivity contribution is -0.384. The number of non-ortho nitro benzene ring substituents is 1. The third kappa shape index (κ3) is 3.01. The molecule has 0 aliphatic heterocycles. The molecule has 0 atom stereocenters. The van der Waals surface area contributed by atoms with Gasteiger partial charge in [-0.25, -0.2) is 0 Å². The molecular weight excluding hydrogens is 242 g/mol. The number of nitro groups is 1. The molecule has 0 aliphatic carbocycles. The Hall–Kier alpha value is -3.00. The molecule has 92 valence electrons. The van der Waals surface area contributed by atoms with Gasteiger partial charge < -0.3 is 0 Å². The first kappa shape index (κ1) is 12.5. The van der Waals surface area contributed by atoms with E-state index in [4.69, 9.17) is 5.26 Å². The maximum Gasteiger partial charge on any atom is 0.269 e. The van der Waals surface area contributed by atoms with Crippen molar-refractivity contribution in [3.05, 3.63) is 70.0 Å². The summed E-state index contributed by atoms with van der Waals surface area (Å²) in [4.78, 5) is 14.0. The number of allylic oxidation sites excluding steroid dienone is 1. The summed E-state index contributed by atoms with van der Waals surface area (Å²) in [6.45, 7) is 0. The normalized spacial score (nSPS) is 10.8. The zero-order chi connectivity index (χ0) is 13.7. The zero-order valence-electron chi connectivity index (χ0n) is 9.85. The van der Waals surface area contributed by atoms with Gasteiger partial charge in [0.2, 0.25) is 0 Å². The summed E-state index contributed by atoms with van der Waals surface area (Å²) in [6.07, 6.45) is 4.98. The van der Waals surface area contributed by atoms with Gasteiger partial charge in [-0.2, -0.15) is 5.26 Å². The van der Waals surface area contributed by atoms with E-state index in [1.54, 1.807) is 36.7 Å². The molecule has 1 heterocycles. The molecule has 5 nitrogen and oxygen atoms in total. The maximum absolute atomic E-state index is 10.6. The highest BCUT2D eigenvalue weighted by molar-refractivity contribution is 5.89. The monoisotopic (exact) mass is 251 g/mol. The van der Waals surface area contributed by atoms with E-state index in [1.165, 1.54) is 12.1 Å². The van der Waals surface area contributed by atoms with Crippen LogP contribution in [0.2, 0.25) is 0 Å². The molecule has 2 aromatic rings. The Balaban J connectivity index is 2.36. The molecule has 1 aromatic carbocycles. The third-order valence-corrected chi connectivity index (χ3v) is 2.50. The van der Waals surface area contributed by atoms with Gasteiger partial charge in [0, 0.05) is 24.5 Å². The van der Waals surface area contributed by atoms with Gasteiger partial charge in [-0.05, 0) is 35.4 Å². The molecule has 0 saturated heterocycles. The van der Waals surface area contributed by atoms with Crippen molar-refractivity contribution in [2.75, 3.05) is 0 Å². The molecule has 0 aliphatic rings. The van der Waals surface area contributed by atoms with Crippen molar-refractivity contribution in [2.24, 2.45) is 0 Å². The molecule has 0 fully saturated rings. The van der Waals surface area contributed by atoms with Crippen LogP contribution < -0.4 is 0 Å². The van der Waals surface area contributed by atoms with Crippen LogP contribution >= 0.6 is 0 Å². The summed E-state index contributed by atoms with van der Waals surface area (Å²) in [5.74, 6) is 0. The molecule has 5 heteroatoms. The predicted molar refractivity (Wildman–Crippen MR) is 70.8 cm³/mol. The first-order valence-electron chi connectivity index (χ1n) is 5.47. The van der Waals surface area contributed by atoms with Crippen LogP contribution in [0.15, 0.2) is 48.8 Å². The molecule has 0 unspecified atom stereocenters. The number of nitriles is 1. The van der Waals surface area contributed by atoms with Crippen LogP contribution in [0.1, 0.15) is 11.1 Å². The fraction of sp³-hybridized carbons (Fsp3) is 0. The van der Waals surface area contributed by atoms with E-state index in [1.807, 2.05) is 6.07 Å². The minimum atomic E-state index is -0.472. The lowest BCUT2D eigenvalue weighted by atomic mass is 10.0. The van der Waals surface area contributed by atoms with E-state index < -0.39 is 4.92 Å². The number of benzene rings is 1. The van der Waals surface area contributed by atoms with E-state index >= 15 is 0 Å². The van der Waals surface area contributed by atoms with E-state index in [2.05, 4.69) is 11.1 Å². The minimum Gasteiger partial charge on any atom is -0.264 e. The second-order valence-electron chi connectivity index (χ2n) is 3.76. The number of pyridine rings is 1. The first-order chi connectivity index (χ1) is 9.20. The molecule has 0 spiro atoms. The quantitative estimate of drug-likeness (QED) is 0.477. The summed E-state index contributed by atoms with van der Waals surface area (Å²) in [7, 11) is 0. The van der Waals surface area contributed by atoms with Gasteiger partial charge in [0.15, 0.2) is 0 Å². The molecule has 0 radical (unpaired) electrons. The van der Waals surface area contributed by atoms with Gasteiger partial charge in [0.05, 0.1) is 16.6 Å². The highest BCUT2D eigenvalue weighted by atomic mass is 16.6. The molecule has 0 saturated carbocycles. The average molecular weight is 251 g/mol. The van der Waals surface area contributed by atoms with Crippen molar-refractivity contribution in [3.63, 3.8) is 0 Å². The molecular formula is C14H9N3O2. The number of hydrogen-bond donors (Lipinski definition) is 0. The molecule has 0 N–H and O–H groups in total. The smallest absolute Gasteiger partial charge is 0.264 e. The highest BCUT2D eigenvalue weighted by Crippen LogP contribution is 2.20. The zero-order valence-corrected chi connectivity index (χ0v) is 9.85. The predicted octanol–water partition coefficient (Wildman–Crippen LogP) is 3.05. The van der Waals surface area contributed by atoms with Crippen LogP contribution in [-0.4, -0.2) is 9.91 Å². The van der Waals surface area contributed by atoms with Gasteiger partial charge in [0.1, 0.15) is 0 Å². The maximum atomic E-state index is 10.6. The Labute approximate surface area is 109 Å². The lowest BCUT2D eigenvalue weighted by Gasteiger charge is -1.99. The molecule has 0 bridgehead atoms. The molecule has 2 rings (SSSR count). The summed E-state index contributed by atoms with van der Waals surface area (Å²) < 4.78 is 0. The van der Waals surface area contributed by atoms with Crippen molar-refractivity contribution >= 4 is 17.3 Å². The van der Waals surface area contributed by atoms with Crippen LogP contribution in [0.4, 0.5) is 5.69 Å². The number of aromatic nitrogens is 1. The Bertz CT molecular complexity index is 655. The van der Waals surface area contributed by atoms with Crippen molar-refractivity contribution < 1.29 is 4.92 Å². The third-order valence-electron chi connectivity index (χ3n) is 2.50. The molecule has 19 heavy (non-hydrogen) atoms. The van der Waals surface area contributed by atoms with E-state index in [0.717, 1.165) is 5.56 Å². The molecule has 1 aromatic heterocycles. The van der Waals surface area contributed by atoms with Crippen molar-refractivity contribution in [3.8, 4) is 6.07 Å². The molecule has 0 amide bonds. The van der Waals surface area contributed by atoms with E-state index in [-0.39, 0.29) is 5.69 Å². The summed E-state index contributed by atoms with van der Waals surface area (Å²) >= 11 is 0. The Kier molecular flexibility index (Phi) is 3.64. The van der Waals surface area contributed by atoms with Gasteiger partial charge in [-0.15, -0.1) is 0 Å². The lowest BCUT2D eigenvalue weighted by Crippen LogP contribution is -1.88. The minimum absolute atomic E-state index is 0.00224. The topological polar surface area (TPSA) is 79.8 Å². The van der Waals surface area contributed by atoms with Crippen LogP contribution in [0, 0.1) is 21.4 Å². The number of hydrogen-bond acceptors (Lipinski definition) is 4. The second kappa shape index (κ2) is 5.56. The Morgan fingerprint density at radius 2 is 2.05 bits per heavy atom. The number of nitrogens with zero attached hydrogens (tertiary/aromatic N) is 3. The first-order valence-corrected chi connectivity index (χ1v) is 5.47. The SMILES string of the molecule is N#C/C(=C\c1cccnc1)c1ccc([N+](=O)[O-])cc1. The number of nitro benzene ring substituents is 1. The summed E-state index contributed by atoms with van der Waals surface area (Å²) in [6, 6.07) is 11.6. The van der Waals surface area contributed by atoms with Crippen LogP contribution in [-0.2, 0) is 0 Å². The summed E-state index contributed by atoms with van der Waals surface area (Å²) in [5.41, 5.74) is 1.87. The fourth-order valence-electron chi connectivity index (χ4n) is 1.57.